The summed E-state index contributed by atoms with van der Waals surface area (Å²) in [6.45, 7) is 15.3. The third-order valence-electron chi connectivity index (χ3n) is 5.78. The summed E-state index contributed by atoms with van der Waals surface area (Å²) in [5.41, 5.74) is 1.08. The number of carbonyl (C=O) groups excluding carboxylic acids is 1. The molecule has 5 heteroatoms. The van der Waals surface area contributed by atoms with Crippen LogP contribution in [0.5, 0.6) is 0 Å². The van der Waals surface area contributed by atoms with Crippen LogP contribution in [0.4, 0.5) is 0 Å². The molecule has 0 aromatic heterocycles. The summed E-state index contributed by atoms with van der Waals surface area (Å²) in [6.07, 6.45) is -0.753. The van der Waals surface area contributed by atoms with Gasteiger partial charge < -0.3 is 14.4 Å². The summed E-state index contributed by atoms with van der Waals surface area (Å²) >= 11 is 0. The van der Waals surface area contributed by atoms with Crippen molar-refractivity contribution in [3.05, 3.63) is 35.9 Å². The van der Waals surface area contributed by atoms with Crippen molar-refractivity contribution in [3.8, 4) is 0 Å². The summed E-state index contributed by atoms with van der Waals surface area (Å²) in [7, 11) is -1.96. The molecular weight excluding hydrogens is 330 g/mol. The fourth-order valence-corrected chi connectivity index (χ4v) is 4.74. The normalized spacial score (nSPS) is 24.0. The van der Waals surface area contributed by atoms with Crippen LogP contribution in [-0.2, 0) is 15.8 Å². The monoisotopic (exact) mass is 363 g/mol. The molecule has 0 bridgehead atoms. The van der Waals surface area contributed by atoms with Gasteiger partial charge in [-0.05, 0) is 37.5 Å². The molecule has 1 saturated heterocycles. The molecule has 1 aliphatic rings. The number of aliphatic hydroxyl groups is 1. The molecule has 4 nitrogen and oxygen atoms in total. The van der Waals surface area contributed by atoms with E-state index in [4.69, 9.17) is 4.43 Å². The van der Waals surface area contributed by atoms with Gasteiger partial charge in [0, 0.05) is 6.54 Å². The van der Waals surface area contributed by atoms with Gasteiger partial charge in [0.2, 0.25) is 5.91 Å². The van der Waals surface area contributed by atoms with Crippen molar-refractivity contribution in [2.24, 2.45) is 5.92 Å². The Morgan fingerprint density at radius 3 is 2.24 bits per heavy atom. The lowest BCUT2D eigenvalue weighted by molar-refractivity contribution is -0.173. The van der Waals surface area contributed by atoms with Gasteiger partial charge in [0.15, 0.2) is 8.32 Å². The summed E-state index contributed by atoms with van der Waals surface area (Å²) < 4.78 is 6.44. The van der Waals surface area contributed by atoms with E-state index in [2.05, 4.69) is 33.9 Å². The molecule has 2 rings (SSSR count). The van der Waals surface area contributed by atoms with Gasteiger partial charge >= 0.3 is 0 Å². The van der Waals surface area contributed by atoms with Crippen LogP contribution in [0.2, 0.25) is 18.1 Å². The fourth-order valence-electron chi connectivity index (χ4n) is 3.31. The number of carbonyl (C=O) groups is 1. The smallest absolute Gasteiger partial charge is 0.231 e. The lowest BCUT2D eigenvalue weighted by atomic mass is 9.80. The Morgan fingerprint density at radius 2 is 1.76 bits per heavy atom. The van der Waals surface area contributed by atoms with Crippen molar-refractivity contribution < 1.29 is 14.3 Å². The Kier molecular flexibility index (Phi) is 5.81. The van der Waals surface area contributed by atoms with Gasteiger partial charge in [0.25, 0.3) is 0 Å². The predicted octanol–water partition coefficient (Wildman–Crippen LogP) is 3.80. The molecule has 1 fully saturated rings. The number of nitrogens with zero attached hydrogens (tertiary/aromatic N) is 1. The molecule has 1 amide bonds. The third-order valence-corrected chi connectivity index (χ3v) is 10.4. The Balaban J connectivity index is 2.12. The van der Waals surface area contributed by atoms with Gasteiger partial charge in [-0.15, -0.1) is 0 Å². The Bertz CT molecular complexity index is 595. The second-order valence-electron chi connectivity index (χ2n) is 8.79. The van der Waals surface area contributed by atoms with Gasteiger partial charge in [0.1, 0.15) is 0 Å². The molecule has 0 aliphatic carbocycles. The van der Waals surface area contributed by atoms with E-state index in [0.29, 0.717) is 6.54 Å². The first-order chi connectivity index (χ1) is 11.5. The van der Waals surface area contributed by atoms with Crippen molar-refractivity contribution >= 4 is 14.2 Å². The molecule has 0 unspecified atom stereocenters. The average Bonchev–Trinajstić information content (AvgIpc) is 2.48. The largest absolute Gasteiger partial charge is 0.413 e. The van der Waals surface area contributed by atoms with Crippen LogP contribution in [-0.4, -0.2) is 42.5 Å². The third kappa shape index (κ3) is 4.15. The summed E-state index contributed by atoms with van der Waals surface area (Å²) in [5, 5.41) is 10.4. The minimum atomic E-state index is -1.96. The number of rotatable bonds is 6. The standard InChI is InChI=1S/C20H33NO3Si/c1-14(22)18-17(15(2)24-25(6,7)20(3,4)5)19(23)21(18)13-16-11-9-8-10-12-16/h8-12,14-15,17-18,22H,13H2,1-7H3/t14-,15+,17+,18+/m0/s1. The first-order valence-corrected chi connectivity index (χ1v) is 12.1. The van der Waals surface area contributed by atoms with Crippen molar-refractivity contribution in [1.29, 1.82) is 0 Å². The van der Waals surface area contributed by atoms with E-state index in [1.54, 1.807) is 11.8 Å². The molecule has 140 valence electrons. The second kappa shape index (κ2) is 7.21. The maximum Gasteiger partial charge on any atom is 0.231 e. The first kappa shape index (κ1) is 20.1. The maximum absolute atomic E-state index is 12.8. The van der Waals surface area contributed by atoms with Gasteiger partial charge in [-0.25, -0.2) is 0 Å². The zero-order valence-corrected chi connectivity index (χ0v) is 17.6. The lowest BCUT2D eigenvalue weighted by Gasteiger charge is -2.52. The fraction of sp³-hybridized carbons (Fsp3) is 0.650. The molecule has 1 heterocycles. The quantitative estimate of drug-likeness (QED) is 0.618. The van der Waals surface area contributed by atoms with Crippen molar-refractivity contribution in [3.63, 3.8) is 0 Å². The van der Waals surface area contributed by atoms with Crippen molar-refractivity contribution in [1.82, 2.24) is 4.90 Å². The molecule has 0 radical (unpaired) electrons. The molecule has 4 atom stereocenters. The van der Waals surface area contributed by atoms with E-state index >= 15 is 0 Å². The average molecular weight is 364 g/mol. The molecule has 1 aliphatic heterocycles. The summed E-state index contributed by atoms with van der Waals surface area (Å²) in [4.78, 5) is 14.6. The van der Waals surface area contributed by atoms with Crippen LogP contribution in [0.1, 0.15) is 40.2 Å². The lowest BCUT2D eigenvalue weighted by Crippen LogP contribution is -2.68. The van der Waals surface area contributed by atoms with E-state index in [1.165, 1.54) is 0 Å². The molecule has 0 spiro atoms. The van der Waals surface area contributed by atoms with Crippen LogP contribution in [0.3, 0.4) is 0 Å². The minimum absolute atomic E-state index is 0.0842. The number of likely N-dealkylation sites (tertiary alicyclic amines) is 1. The highest BCUT2D eigenvalue weighted by molar-refractivity contribution is 6.74. The summed E-state index contributed by atoms with van der Waals surface area (Å²) in [6, 6.07) is 9.73. The van der Waals surface area contributed by atoms with Crippen molar-refractivity contribution in [2.45, 2.75) is 77.5 Å². The number of hydrogen-bond donors (Lipinski definition) is 1. The molecule has 25 heavy (non-hydrogen) atoms. The molecule has 1 N–H and O–H groups in total. The zero-order valence-electron chi connectivity index (χ0n) is 16.6. The van der Waals surface area contributed by atoms with E-state index in [0.717, 1.165) is 5.56 Å². The highest BCUT2D eigenvalue weighted by Gasteiger charge is 2.53. The van der Waals surface area contributed by atoms with Crippen LogP contribution in [0, 0.1) is 5.92 Å². The molecular formula is C20H33NO3Si. The Hall–Kier alpha value is -1.17. The minimum Gasteiger partial charge on any atom is -0.413 e. The van der Waals surface area contributed by atoms with Gasteiger partial charge in [-0.2, -0.15) is 0 Å². The van der Waals surface area contributed by atoms with Crippen LogP contribution in [0.25, 0.3) is 0 Å². The number of amides is 1. The second-order valence-corrected chi connectivity index (χ2v) is 13.5. The zero-order chi connectivity index (χ0) is 19.0. The topological polar surface area (TPSA) is 49.8 Å². The van der Waals surface area contributed by atoms with Crippen LogP contribution in [0.15, 0.2) is 30.3 Å². The van der Waals surface area contributed by atoms with E-state index < -0.39 is 14.4 Å². The summed E-state index contributed by atoms with van der Waals surface area (Å²) in [5.74, 6) is -0.182. The molecule has 1 aromatic carbocycles. The number of β-lactam (4-membered cyclic amide) rings is 1. The number of benzene rings is 1. The van der Waals surface area contributed by atoms with E-state index in [1.807, 2.05) is 37.3 Å². The Morgan fingerprint density at radius 1 is 1.20 bits per heavy atom. The highest BCUT2D eigenvalue weighted by atomic mass is 28.4. The molecule has 0 saturated carbocycles. The highest BCUT2D eigenvalue weighted by Crippen LogP contribution is 2.41. The number of hydrogen-bond acceptors (Lipinski definition) is 3. The predicted molar refractivity (Wildman–Crippen MR) is 104 cm³/mol. The SMILES string of the molecule is C[C@H](O)[C@@H]1[C@@H]([C@@H](C)O[Si](C)(C)C(C)(C)C)C(=O)N1Cc1ccccc1. The van der Waals surface area contributed by atoms with Crippen molar-refractivity contribution in [2.75, 3.05) is 0 Å². The first-order valence-electron chi connectivity index (χ1n) is 9.16. The maximum atomic E-state index is 12.8. The van der Waals surface area contributed by atoms with Gasteiger partial charge in [-0.3, -0.25) is 4.79 Å². The Labute approximate surface area is 153 Å². The van der Waals surface area contributed by atoms with E-state index in [9.17, 15) is 9.90 Å². The van der Waals surface area contributed by atoms with E-state index in [-0.39, 0.29) is 29.0 Å². The van der Waals surface area contributed by atoms with Gasteiger partial charge in [0.05, 0.1) is 24.2 Å². The number of aliphatic hydroxyl groups excluding tert-OH is 1. The van der Waals surface area contributed by atoms with Crippen LogP contribution < -0.4 is 0 Å². The van der Waals surface area contributed by atoms with Gasteiger partial charge in [-0.1, -0.05) is 51.1 Å². The molecule has 1 aromatic rings. The van der Waals surface area contributed by atoms with Crippen LogP contribution >= 0.6 is 0 Å².